The summed E-state index contributed by atoms with van der Waals surface area (Å²) in [6.45, 7) is 2.49. The maximum Gasteiger partial charge on any atom is 0.269 e. The molecular formula is C25H24N8O5. The molecule has 0 saturated carbocycles. The van der Waals surface area contributed by atoms with Gasteiger partial charge in [0.2, 0.25) is 17.8 Å². The zero-order chi connectivity index (χ0) is 26.3. The zero-order valence-corrected chi connectivity index (χ0v) is 20.4. The summed E-state index contributed by atoms with van der Waals surface area (Å²) in [7, 11) is 1.61. The molecule has 0 unspecified atom stereocenters. The zero-order valence-electron chi connectivity index (χ0n) is 20.4. The van der Waals surface area contributed by atoms with Crippen molar-refractivity contribution in [1.82, 2.24) is 15.0 Å². The summed E-state index contributed by atoms with van der Waals surface area (Å²) in [5.41, 5.74) is 4.35. The molecule has 3 heterocycles. The van der Waals surface area contributed by atoms with Crippen LogP contribution in [-0.4, -0.2) is 59.5 Å². The first kappa shape index (κ1) is 24.6. The van der Waals surface area contributed by atoms with Gasteiger partial charge in [0.25, 0.3) is 5.69 Å². The summed E-state index contributed by atoms with van der Waals surface area (Å²) in [6, 6.07) is 17.0. The van der Waals surface area contributed by atoms with E-state index in [4.69, 9.17) is 13.9 Å². The third-order valence-electron chi connectivity index (χ3n) is 5.61. The van der Waals surface area contributed by atoms with Crippen LogP contribution in [0.25, 0.3) is 11.3 Å². The summed E-state index contributed by atoms with van der Waals surface area (Å²) < 4.78 is 16.4. The lowest BCUT2D eigenvalue weighted by atomic mass is 10.1. The van der Waals surface area contributed by atoms with Crippen molar-refractivity contribution >= 4 is 35.4 Å². The number of hydrazone groups is 1. The maximum absolute atomic E-state index is 10.9. The molecule has 2 N–H and O–H groups in total. The van der Waals surface area contributed by atoms with Crippen LogP contribution in [0.4, 0.5) is 29.2 Å². The number of nitrogens with one attached hydrogen (secondary N) is 2. The molecular weight excluding hydrogens is 492 g/mol. The molecule has 2 aromatic heterocycles. The van der Waals surface area contributed by atoms with Gasteiger partial charge in [0.1, 0.15) is 17.3 Å². The number of furan rings is 1. The molecule has 194 valence electrons. The Kier molecular flexibility index (Phi) is 7.36. The van der Waals surface area contributed by atoms with Crippen molar-refractivity contribution in [3.8, 4) is 17.1 Å². The fraction of sp³-hybridized carbons (Fsp3) is 0.200. The number of nitrogens with zero attached hydrogens (tertiary/aromatic N) is 6. The molecule has 4 aromatic rings. The Balaban J connectivity index is 1.31. The van der Waals surface area contributed by atoms with Crippen molar-refractivity contribution in [3.63, 3.8) is 0 Å². The second kappa shape index (κ2) is 11.3. The highest BCUT2D eigenvalue weighted by molar-refractivity contribution is 5.78. The van der Waals surface area contributed by atoms with E-state index in [0.717, 1.165) is 11.4 Å². The first-order valence-electron chi connectivity index (χ1n) is 11.7. The number of nitro benzene ring substituents is 1. The second-order valence-corrected chi connectivity index (χ2v) is 8.11. The molecule has 13 heteroatoms. The predicted octanol–water partition coefficient (Wildman–Crippen LogP) is 4.07. The molecule has 13 nitrogen and oxygen atoms in total. The lowest BCUT2D eigenvalue weighted by Gasteiger charge is -2.27. The van der Waals surface area contributed by atoms with Gasteiger partial charge in [-0.05, 0) is 48.5 Å². The highest BCUT2D eigenvalue weighted by Gasteiger charge is 2.17. The van der Waals surface area contributed by atoms with Gasteiger partial charge in [0, 0.05) is 36.5 Å². The number of ether oxygens (including phenoxy) is 2. The van der Waals surface area contributed by atoms with Crippen molar-refractivity contribution in [2.24, 2.45) is 5.10 Å². The lowest BCUT2D eigenvalue weighted by molar-refractivity contribution is -0.384. The van der Waals surface area contributed by atoms with Crippen LogP contribution in [0.1, 0.15) is 5.76 Å². The fourth-order valence-corrected chi connectivity index (χ4v) is 3.66. The van der Waals surface area contributed by atoms with Gasteiger partial charge in [-0.1, -0.05) is 0 Å². The maximum atomic E-state index is 10.9. The van der Waals surface area contributed by atoms with Gasteiger partial charge in [-0.2, -0.15) is 20.1 Å². The minimum atomic E-state index is -0.445. The van der Waals surface area contributed by atoms with Gasteiger partial charge >= 0.3 is 0 Å². The van der Waals surface area contributed by atoms with Crippen LogP contribution in [0.3, 0.4) is 0 Å². The first-order chi connectivity index (χ1) is 18.6. The third kappa shape index (κ3) is 6.02. The number of non-ortho nitro benzene ring substituents is 1. The van der Waals surface area contributed by atoms with Crippen molar-refractivity contribution in [1.29, 1.82) is 0 Å². The van der Waals surface area contributed by atoms with Crippen LogP contribution >= 0.6 is 0 Å². The molecule has 5 rings (SSSR count). The molecule has 0 aliphatic carbocycles. The number of aromatic nitrogens is 3. The number of hydrogen-bond donors (Lipinski definition) is 2. The number of benzene rings is 2. The van der Waals surface area contributed by atoms with E-state index in [2.05, 4.69) is 30.8 Å². The number of anilines is 4. The molecule has 38 heavy (non-hydrogen) atoms. The Labute approximate surface area is 217 Å². The average molecular weight is 517 g/mol. The molecule has 0 radical (unpaired) electrons. The molecule has 0 bridgehead atoms. The minimum absolute atomic E-state index is 0.0148. The smallest absolute Gasteiger partial charge is 0.269 e. The number of methoxy groups -OCH3 is 1. The molecule has 2 aromatic carbocycles. The van der Waals surface area contributed by atoms with Crippen LogP contribution in [-0.2, 0) is 4.74 Å². The molecule has 0 spiro atoms. The molecule has 1 aliphatic rings. The van der Waals surface area contributed by atoms with Crippen molar-refractivity contribution in [3.05, 3.63) is 76.5 Å². The largest absolute Gasteiger partial charge is 0.497 e. The highest BCUT2D eigenvalue weighted by atomic mass is 16.6. The Morgan fingerprint density at radius 3 is 2.45 bits per heavy atom. The van der Waals surface area contributed by atoms with Crippen molar-refractivity contribution in [2.75, 3.05) is 49.1 Å². The molecule has 0 atom stereocenters. The number of morpholine rings is 1. The molecule has 1 aliphatic heterocycles. The first-order valence-corrected chi connectivity index (χ1v) is 11.7. The van der Waals surface area contributed by atoms with E-state index in [1.165, 1.54) is 18.3 Å². The van der Waals surface area contributed by atoms with Gasteiger partial charge in [0.15, 0.2) is 0 Å². The SMILES string of the molecule is COc1ccc(Nc2nc(NN=Cc3ccc(-c4ccc([N+](=O)[O-])cc4)o3)nc(N3CCOCC3)n2)cc1. The Morgan fingerprint density at radius 1 is 1.00 bits per heavy atom. The monoisotopic (exact) mass is 516 g/mol. The van der Waals surface area contributed by atoms with Gasteiger partial charge in [-0.15, -0.1) is 0 Å². The van der Waals surface area contributed by atoms with Crippen LogP contribution in [0, 0.1) is 10.1 Å². The van der Waals surface area contributed by atoms with Crippen LogP contribution in [0.15, 0.2) is 70.2 Å². The number of nitro groups is 1. The Bertz CT molecular complexity index is 1420. The Hall–Kier alpha value is -5.04. The molecule has 1 saturated heterocycles. The van der Waals surface area contributed by atoms with Gasteiger partial charge < -0.3 is 24.1 Å². The number of rotatable bonds is 9. The van der Waals surface area contributed by atoms with E-state index < -0.39 is 4.92 Å². The summed E-state index contributed by atoms with van der Waals surface area (Å²) in [5.74, 6) is 2.87. The quantitative estimate of drug-likeness (QED) is 0.188. The van der Waals surface area contributed by atoms with Crippen LogP contribution < -0.4 is 20.4 Å². The van der Waals surface area contributed by atoms with Crippen LogP contribution in [0.5, 0.6) is 5.75 Å². The number of hydrogen-bond acceptors (Lipinski definition) is 12. The fourth-order valence-electron chi connectivity index (χ4n) is 3.66. The third-order valence-corrected chi connectivity index (χ3v) is 5.61. The summed E-state index contributed by atoms with van der Waals surface area (Å²) in [4.78, 5) is 26.0. The van der Waals surface area contributed by atoms with E-state index in [1.807, 2.05) is 29.2 Å². The summed E-state index contributed by atoms with van der Waals surface area (Å²) in [6.07, 6.45) is 1.49. The van der Waals surface area contributed by atoms with Crippen molar-refractivity contribution < 1.29 is 18.8 Å². The van der Waals surface area contributed by atoms with E-state index in [1.54, 1.807) is 31.4 Å². The molecule has 0 amide bonds. The van der Waals surface area contributed by atoms with Gasteiger partial charge in [0.05, 0.1) is 31.5 Å². The lowest BCUT2D eigenvalue weighted by Crippen LogP contribution is -2.37. The minimum Gasteiger partial charge on any atom is -0.497 e. The van der Waals surface area contributed by atoms with Gasteiger partial charge in [-0.25, -0.2) is 5.43 Å². The predicted molar refractivity (Wildman–Crippen MR) is 141 cm³/mol. The highest BCUT2D eigenvalue weighted by Crippen LogP contribution is 2.24. The Morgan fingerprint density at radius 2 is 1.74 bits per heavy atom. The van der Waals surface area contributed by atoms with Crippen LogP contribution in [0.2, 0.25) is 0 Å². The van der Waals surface area contributed by atoms with E-state index in [-0.39, 0.29) is 11.6 Å². The molecule has 1 fully saturated rings. The van der Waals surface area contributed by atoms with Crippen molar-refractivity contribution in [2.45, 2.75) is 0 Å². The van der Waals surface area contributed by atoms with E-state index in [9.17, 15) is 10.1 Å². The standard InChI is InChI=1S/C25H24N8O5/c1-36-20-8-4-18(5-9-20)27-23-28-24(30-25(29-23)32-12-14-37-15-13-32)31-26-16-21-10-11-22(38-21)17-2-6-19(7-3-17)33(34)35/h2-11,16H,12-15H2,1H3,(H2,27,28,29,30,31). The topological polar surface area (TPSA) is 153 Å². The van der Waals surface area contributed by atoms with E-state index >= 15 is 0 Å². The summed E-state index contributed by atoms with van der Waals surface area (Å²) >= 11 is 0. The summed E-state index contributed by atoms with van der Waals surface area (Å²) in [5, 5.41) is 18.3. The van der Waals surface area contributed by atoms with Gasteiger partial charge in [-0.3, -0.25) is 10.1 Å². The normalized spacial score (nSPS) is 13.4. The second-order valence-electron chi connectivity index (χ2n) is 8.11. The van der Waals surface area contributed by atoms with E-state index in [0.29, 0.717) is 55.3 Å². The average Bonchev–Trinajstić information content (AvgIpc) is 3.43.